The predicted octanol–water partition coefficient (Wildman–Crippen LogP) is 23.7. The molecule has 108 heavy (non-hydrogen) atoms. The molecule has 0 radical (unpaired) electrons. The lowest BCUT2D eigenvalue weighted by molar-refractivity contribution is -0.161. The molecule has 0 amide bonds. The maximum Gasteiger partial charge on any atom is 0.472 e. The highest BCUT2D eigenvalue weighted by Gasteiger charge is 2.30. The van der Waals surface area contributed by atoms with E-state index in [1.54, 1.807) is 0 Å². The van der Waals surface area contributed by atoms with Crippen LogP contribution < -0.4 is 0 Å². The number of hydrogen-bond donors (Lipinski definition) is 3. The van der Waals surface area contributed by atoms with Gasteiger partial charge in [-0.1, -0.05) is 266 Å². The van der Waals surface area contributed by atoms with Gasteiger partial charge in [0.25, 0.3) is 0 Å². The van der Waals surface area contributed by atoms with E-state index in [4.69, 9.17) is 37.0 Å². The van der Waals surface area contributed by atoms with Gasteiger partial charge in [-0.2, -0.15) is 0 Å². The van der Waals surface area contributed by atoms with Crippen molar-refractivity contribution in [2.24, 2.45) is 0 Å². The number of esters is 4. The first-order valence-corrected chi connectivity index (χ1v) is 43.0. The maximum atomic E-state index is 13.1. The smallest absolute Gasteiger partial charge is 0.462 e. The summed E-state index contributed by atoms with van der Waals surface area (Å²) in [6, 6.07) is 0. The fourth-order valence-corrected chi connectivity index (χ4v) is 11.1. The normalized spacial score (nSPS) is 15.0. The Balaban J connectivity index is 5.54. The van der Waals surface area contributed by atoms with Crippen molar-refractivity contribution in [1.82, 2.24) is 0 Å². The Kier molecular flexibility index (Phi) is 73.7. The summed E-state index contributed by atoms with van der Waals surface area (Å²) in [5.41, 5.74) is 0. The molecule has 0 saturated carbocycles. The number of rotatable bonds is 72. The number of hydrogen-bond acceptors (Lipinski definition) is 15. The number of aliphatic hydroxyl groups is 1. The monoisotopic (exact) mass is 1540 g/mol. The third-order valence-electron chi connectivity index (χ3n) is 15.4. The quantitative estimate of drug-likeness (QED) is 0.0169. The third kappa shape index (κ3) is 77.5. The molecule has 5 unspecified atom stereocenters. The summed E-state index contributed by atoms with van der Waals surface area (Å²) >= 11 is 0. The summed E-state index contributed by atoms with van der Waals surface area (Å²) in [5.74, 6) is -2.38. The van der Waals surface area contributed by atoms with Gasteiger partial charge >= 0.3 is 39.5 Å². The first-order valence-electron chi connectivity index (χ1n) is 40.0. The first kappa shape index (κ1) is 101. The van der Waals surface area contributed by atoms with Gasteiger partial charge in [-0.15, -0.1) is 0 Å². The second kappa shape index (κ2) is 78.5. The molecule has 0 aromatic rings. The van der Waals surface area contributed by atoms with Crippen LogP contribution in [-0.4, -0.2) is 96.7 Å². The van der Waals surface area contributed by atoms with E-state index in [1.807, 2.05) is 18.2 Å². The minimum atomic E-state index is -5.02. The van der Waals surface area contributed by atoms with Crippen LogP contribution in [0.5, 0.6) is 0 Å². The van der Waals surface area contributed by atoms with E-state index in [-0.39, 0.29) is 25.7 Å². The van der Waals surface area contributed by atoms with Crippen molar-refractivity contribution >= 4 is 39.5 Å². The molecule has 0 aliphatic carbocycles. The van der Waals surface area contributed by atoms with Crippen molar-refractivity contribution in [3.8, 4) is 0 Å². The van der Waals surface area contributed by atoms with Crippen molar-refractivity contribution in [2.45, 2.75) is 277 Å². The van der Waals surface area contributed by atoms with Crippen LogP contribution in [0.2, 0.25) is 0 Å². The standard InChI is InChI=1S/C89H138O17P2/c1-5-9-13-17-21-25-29-33-37-40-41-44-47-50-54-58-62-66-70-74-87(92)100-80-85(106-89(94)76-72-68-64-60-56-52-48-43-39-35-31-27-23-19-15-11-7-3)82-104-108(97,98)102-78-83(90)77-101-107(95,96)103-81-84(105-88(93)75-71-67-63-59-55-51-45-36-32-28-24-20-16-12-8-4)79-99-86(91)73-69-65-61-57-53-49-46-42-38-34-30-26-22-18-14-10-6-2/h9-16,21-28,33-39,41,44-46,48-50,52,54-55,57,59,61,83-85,90H,5-8,17-20,29-32,40,42-43,47,51,53,56,58,60,62-82H2,1-4H3,(H,95,96)(H,97,98)/b13-9-,14-10-,15-11-,16-12-,25-21-,26-22-,27-23-,28-24-,37-33-,38-34-,39-35-,44-41-,45-36-,49-46-,52-48-,54-50-,59-55-,61-57-. The number of phosphoric ester groups is 2. The molecule has 0 rings (SSSR count). The van der Waals surface area contributed by atoms with Gasteiger partial charge in [0.05, 0.1) is 26.4 Å². The number of carbonyl (C=O) groups is 4. The van der Waals surface area contributed by atoms with Crippen LogP contribution in [-0.2, 0) is 65.4 Å². The second-order valence-corrected chi connectivity index (χ2v) is 28.4. The van der Waals surface area contributed by atoms with E-state index in [2.05, 4.69) is 228 Å². The Morgan fingerprint density at radius 2 is 0.463 bits per heavy atom. The zero-order chi connectivity index (χ0) is 78.9. The Bertz CT molecular complexity index is 2910. The summed E-state index contributed by atoms with van der Waals surface area (Å²) in [5, 5.41) is 10.7. The molecule has 0 aromatic carbocycles. The van der Waals surface area contributed by atoms with Gasteiger partial charge < -0.3 is 33.8 Å². The molecule has 0 heterocycles. The SMILES string of the molecule is CC/C=C\C/C=C\C/C=C\C/C=C\C/C=C\CCCCCC(=O)OCC(COP(=O)(O)OCC(O)COP(=O)(O)OCC(COC(=O)CCC/C=C\C/C=C\C/C=C\C/C=C\C/C=C\CC)OC(=O)CCCC/C=C\C/C=C\C/C=C\C/C=C\CC)OC(=O)CCCCCC/C=C\C/C=C\C/C=C\C/C=C\CC. The van der Waals surface area contributed by atoms with Gasteiger partial charge in [0, 0.05) is 25.7 Å². The van der Waals surface area contributed by atoms with Crippen LogP contribution in [0.4, 0.5) is 0 Å². The van der Waals surface area contributed by atoms with Crippen LogP contribution in [0.1, 0.15) is 259 Å². The van der Waals surface area contributed by atoms with Gasteiger partial charge in [0.1, 0.15) is 19.3 Å². The molecule has 19 heteroatoms. The van der Waals surface area contributed by atoms with Crippen LogP contribution >= 0.6 is 15.6 Å². The Morgan fingerprint density at radius 3 is 0.750 bits per heavy atom. The molecular formula is C89H138O17P2. The summed E-state index contributed by atoms with van der Waals surface area (Å²) in [6.45, 7) is 4.19. The largest absolute Gasteiger partial charge is 0.472 e. The van der Waals surface area contributed by atoms with E-state index in [0.717, 1.165) is 167 Å². The molecule has 0 aliphatic rings. The molecule has 0 saturated heterocycles. The highest BCUT2D eigenvalue weighted by Crippen LogP contribution is 2.45. The molecule has 5 atom stereocenters. The van der Waals surface area contributed by atoms with E-state index in [0.29, 0.717) is 38.5 Å². The molecule has 0 aliphatic heterocycles. The van der Waals surface area contributed by atoms with Crippen molar-refractivity contribution in [3.05, 3.63) is 219 Å². The lowest BCUT2D eigenvalue weighted by Gasteiger charge is -2.21. The van der Waals surface area contributed by atoms with E-state index >= 15 is 0 Å². The Labute approximate surface area is 651 Å². The highest BCUT2D eigenvalue weighted by atomic mass is 31.2. The number of ether oxygens (including phenoxy) is 4. The zero-order valence-corrected chi connectivity index (χ0v) is 68.0. The van der Waals surface area contributed by atoms with Gasteiger partial charge in [0.2, 0.25) is 0 Å². The van der Waals surface area contributed by atoms with Crippen molar-refractivity contribution < 1.29 is 80.2 Å². The van der Waals surface area contributed by atoms with E-state index in [9.17, 15) is 43.2 Å². The van der Waals surface area contributed by atoms with Crippen molar-refractivity contribution in [1.29, 1.82) is 0 Å². The van der Waals surface area contributed by atoms with Crippen LogP contribution in [0, 0.1) is 0 Å². The van der Waals surface area contributed by atoms with Crippen LogP contribution in [0.15, 0.2) is 219 Å². The van der Waals surface area contributed by atoms with Crippen LogP contribution in [0.3, 0.4) is 0 Å². The fourth-order valence-electron chi connectivity index (χ4n) is 9.50. The van der Waals surface area contributed by atoms with Gasteiger partial charge in [0.15, 0.2) is 12.2 Å². The van der Waals surface area contributed by atoms with Gasteiger partial charge in [-0.25, -0.2) is 9.13 Å². The van der Waals surface area contributed by atoms with Crippen molar-refractivity contribution in [3.63, 3.8) is 0 Å². The Hall–Kier alpha value is -6.62. The lowest BCUT2D eigenvalue weighted by atomic mass is 10.1. The topological polar surface area (TPSA) is 237 Å². The number of phosphoric acid groups is 2. The average Bonchev–Trinajstić information content (AvgIpc) is 0.906. The van der Waals surface area contributed by atoms with E-state index in [1.165, 1.54) is 0 Å². The second-order valence-electron chi connectivity index (χ2n) is 25.5. The highest BCUT2D eigenvalue weighted by molar-refractivity contribution is 7.47. The summed E-state index contributed by atoms with van der Waals surface area (Å²) in [4.78, 5) is 73.1. The number of aliphatic hydroxyl groups excluding tert-OH is 1. The van der Waals surface area contributed by atoms with Gasteiger partial charge in [-0.05, 0) is 186 Å². The Morgan fingerprint density at radius 1 is 0.259 bits per heavy atom. The molecule has 0 spiro atoms. The zero-order valence-electron chi connectivity index (χ0n) is 66.2. The molecule has 0 bridgehead atoms. The molecule has 606 valence electrons. The third-order valence-corrected chi connectivity index (χ3v) is 17.3. The minimum Gasteiger partial charge on any atom is -0.462 e. The molecular weight excluding hydrogens is 1400 g/mol. The number of carbonyl (C=O) groups excluding carboxylic acids is 4. The number of unbranched alkanes of at least 4 members (excludes halogenated alkanes) is 10. The molecule has 3 N–H and O–H groups in total. The summed E-state index contributed by atoms with van der Waals surface area (Å²) in [7, 11) is -10.0. The maximum absolute atomic E-state index is 13.1. The molecule has 0 aromatic heterocycles. The first-order chi connectivity index (χ1) is 52.7. The number of allylic oxidation sites excluding steroid dienone is 36. The lowest BCUT2D eigenvalue weighted by Crippen LogP contribution is -2.30. The molecule has 0 fully saturated rings. The summed E-state index contributed by atoms with van der Waals surface area (Å²) < 4.78 is 68.5. The van der Waals surface area contributed by atoms with Crippen LogP contribution in [0.25, 0.3) is 0 Å². The molecule has 17 nitrogen and oxygen atoms in total. The van der Waals surface area contributed by atoms with Crippen molar-refractivity contribution in [2.75, 3.05) is 39.6 Å². The summed E-state index contributed by atoms with van der Waals surface area (Å²) in [6.07, 6.45) is 99.3. The van der Waals surface area contributed by atoms with Gasteiger partial charge in [-0.3, -0.25) is 37.3 Å². The predicted molar refractivity (Wildman–Crippen MR) is 445 cm³/mol. The average molecular weight is 1540 g/mol. The fraction of sp³-hybridized carbons (Fsp3) is 0.551. The van der Waals surface area contributed by atoms with E-state index < -0.39 is 97.5 Å². The minimum absolute atomic E-state index is 0.0195.